The number of likely N-dealkylation sites (tertiary alicyclic amines) is 1. The lowest BCUT2D eigenvalue weighted by Crippen LogP contribution is -2.47. The van der Waals surface area contributed by atoms with Crippen LogP contribution in [0.5, 0.6) is 0 Å². The number of hydrogen-bond acceptors (Lipinski definition) is 5. The van der Waals surface area contributed by atoms with Gasteiger partial charge < -0.3 is 24.8 Å². The number of carbonyl (C=O) groups excluding carboxylic acids is 1. The molecule has 0 spiro atoms. The highest BCUT2D eigenvalue weighted by molar-refractivity contribution is 5.77. The van der Waals surface area contributed by atoms with E-state index in [1.165, 1.54) is 0 Å². The van der Waals surface area contributed by atoms with E-state index in [2.05, 4.69) is 26.8 Å². The number of benzene rings is 1. The third kappa shape index (κ3) is 4.37. The summed E-state index contributed by atoms with van der Waals surface area (Å²) in [5, 5.41) is 9.82. The highest BCUT2D eigenvalue weighted by Gasteiger charge is 2.35. The fourth-order valence-corrected chi connectivity index (χ4v) is 4.43. The number of para-hydroxylation sites is 2. The molecule has 2 aliphatic rings. The molecule has 28 heavy (non-hydrogen) atoms. The van der Waals surface area contributed by atoms with Gasteiger partial charge in [-0.15, -0.1) is 0 Å². The van der Waals surface area contributed by atoms with E-state index in [1.807, 2.05) is 29.2 Å². The maximum atomic E-state index is 12.8. The molecule has 2 N–H and O–H groups in total. The minimum absolute atomic E-state index is 0.158. The average molecular weight is 386 g/mol. The van der Waals surface area contributed by atoms with E-state index in [1.54, 1.807) is 0 Å². The van der Waals surface area contributed by atoms with Gasteiger partial charge in [0.1, 0.15) is 5.82 Å². The maximum absolute atomic E-state index is 12.8. The van der Waals surface area contributed by atoms with E-state index in [-0.39, 0.29) is 18.4 Å². The van der Waals surface area contributed by atoms with Crippen molar-refractivity contribution in [2.24, 2.45) is 11.8 Å². The molecule has 0 aliphatic carbocycles. The average Bonchev–Trinajstić information content (AvgIpc) is 3.31. The van der Waals surface area contributed by atoms with Crippen molar-refractivity contribution in [3.63, 3.8) is 0 Å². The first-order chi connectivity index (χ1) is 13.6. The topological polar surface area (TPSA) is 75.7 Å². The molecule has 2 atom stereocenters. The van der Waals surface area contributed by atoms with Crippen LogP contribution in [0.1, 0.15) is 12.2 Å². The Hall–Kier alpha value is -1.96. The van der Waals surface area contributed by atoms with Crippen LogP contribution >= 0.6 is 0 Å². The van der Waals surface area contributed by atoms with Gasteiger partial charge in [-0.3, -0.25) is 4.79 Å². The predicted octanol–water partition coefficient (Wildman–Crippen LogP) is 0.810. The molecular weight excluding hydrogens is 354 g/mol. The second kappa shape index (κ2) is 8.59. The number of rotatable bonds is 6. The summed E-state index contributed by atoms with van der Waals surface area (Å²) in [6.07, 6.45) is 1.08. The summed E-state index contributed by atoms with van der Waals surface area (Å²) in [6.45, 7) is 6.91. The smallest absolute Gasteiger partial charge is 0.223 e. The Labute approximate surface area is 166 Å². The van der Waals surface area contributed by atoms with E-state index in [0.29, 0.717) is 25.3 Å². The molecule has 7 heteroatoms. The molecule has 3 heterocycles. The van der Waals surface area contributed by atoms with Crippen molar-refractivity contribution < 1.29 is 9.90 Å². The van der Waals surface area contributed by atoms with Gasteiger partial charge in [-0.2, -0.15) is 0 Å². The molecule has 4 rings (SSSR count). The molecule has 0 radical (unpaired) electrons. The highest BCUT2D eigenvalue weighted by atomic mass is 16.3. The van der Waals surface area contributed by atoms with E-state index < -0.39 is 0 Å². The van der Waals surface area contributed by atoms with Gasteiger partial charge in [0.15, 0.2) is 0 Å². The quantitative estimate of drug-likeness (QED) is 0.770. The van der Waals surface area contributed by atoms with Crippen molar-refractivity contribution in [2.45, 2.75) is 12.8 Å². The van der Waals surface area contributed by atoms with Crippen LogP contribution in [0.2, 0.25) is 0 Å². The summed E-state index contributed by atoms with van der Waals surface area (Å²) < 4.78 is 0. The number of hydrogen-bond donors (Lipinski definition) is 2. The van der Waals surface area contributed by atoms with Crippen LogP contribution in [0, 0.1) is 11.8 Å². The number of aryl methyl sites for hydroxylation is 1. The summed E-state index contributed by atoms with van der Waals surface area (Å²) in [6, 6.07) is 7.93. The standard InChI is InChI=1S/C21H31N5O2/c1-24-8-10-25(11-9-24)12-16-13-26(14-17(16)15-27)21(28)7-6-20-22-18-4-2-3-5-19(18)23-20/h2-5,16-17,27H,6-15H2,1H3,(H,22,23)/t16-,17-/m1/s1. The number of nitrogens with zero attached hydrogens (tertiary/aromatic N) is 4. The fourth-order valence-electron chi connectivity index (χ4n) is 4.43. The van der Waals surface area contributed by atoms with Crippen molar-refractivity contribution in [3.05, 3.63) is 30.1 Å². The van der Waals surface area contributed by atoms with E-state index >= 15 is 0 Å². The van der Waals surface area contributed by atoms with Crippen LogP contribution in [-0.2, 0) is 11.2 Å². The van der Waals surface area contributed by atoms with Crippen molar-refractivity contribution in [1.82, 2.24) is 24.7 Å². The van der Waals surface area contributed by atoms with Crippen molar-refractivity contribution >= 4 is 16.9 Å². The minimum atomic E-state index is 0.158. The lowest BCUT2D eigenvalue weighted by atomic mass is 9.96. The molecule has 2 aromatic rings. The molecule has 1 amide bonds. The number of aliphatic hydroxyl groups is 1. The number of aliphatic hydroxyl groups excluding tert-OH is 1. The molecular formula is C21H31N5O2. The van der Waals surface area contributed by atoms with E-state index in [4.69, 9.17) is 0 Å². The van der Waals surface area contributed by atoms with Gasteiger partial charge in [0.25, 0.3) is 0 Å². The van der Waals surface area contributed by atoms with Gasteiger partial charge in [-0.25, -0.2) is 4.98 Å². The van der Waals surface area contributed by atoms with Gasteiger partial charge in [0.05, 0.1) is 11.0 Å². The zero-order chi connectivity index (χ0) is 19.5. The Bertz CT molecular complexity index is 766. The number of aromatic amines is 1. The zero-order valence-corrected chi connectivity index (χ0v) is 16.7. The third-order valence-corrected chi connectivity index (χ3v) is 6.27. The largest absolute Gasteiger partial charge is 0.396 e. The fraction of sp³-hybridized carbons (Fsp3) is 0.619. The molecule has 7 nitrogen and oxygen atoms in total. The van der Waals surface area contributed by atoms with Gasteiger partial charge in [0.2, 0.25) is 5.91 Å². The van der Waals surface area contributed by atoms with Gasteiger partial charge in [0, 0.05) is 71.2 Å². The third-order valence-electron chi connectivity index (χ3n) is 6.27. The number of H-pyrrole nitrogens is 1. The van der Waals surface area contributed by atoms with Gasteiger partial charge in [-0.1, -0.05) is 12.1 Å². The van der Waals surface area contributed by atoms with E-state index in [0.717, 1.165) is 56.1 Å². The second-order valence-electron chi connectivity index (χ2n) is 8.31. The molecule has 2 fully saturated rings. The summed E-state index contributed by atoms with van der Waals surface area (Å²) in [4.78, 5) is 27.4. The number of imidazole rings is 1. The van der Waals surface area contributed by atoms with Gasteiger partial charge >= 0.3 is 0 Å². The molecule has 0 bridgehead atoms. The number of likely N-dealkylation sites (N-methyl/N-ethyl adjacent to an activating group) is 1. The Morgan fingerprint density at radius 2 is 1.93 bits per heavy atom. The first-order valence-electron chi connectivity index (χ1n) is 10.4. The summed E-state index contributed by atoms with van der Waals surface area (Å²) in [5.41, 5.74) is 1.96. The summed E-state index contributed by atoms with van der Waals surface area (Å²) in [5.74, 6) is 1.58. The maximum Gasteiger partial charge on any atom is 0.223 e. The van der Waals surface area contributed by atoms with Crippen LogP contribution in [0.3, 0.4) is 0 Å². The Balaban J connectivity index is 1.30. The van der Waals surface area contributed by atoms with Crippen molar-refractivity contribution in [1.29, 1.82) is 0 Å². The number of amides is 1. The molecule has 0 unspecified atom stereocenters. The van der Waals surface area contributed by atoms with Crippen LogP contribution in [-0.4, -0.2) is 95.1 Å². The normalized spacial score (nSPS) is 24.3. The predicted molar refractivity (Wildman–Crippen MR) is 109 cm³/mol. The first kappa shape index (κ1) is 19.4. The number of aromatic nitrogens is 2. The zero-order valence-electron chi connectivity index (χ0n) is 16.7. The number of nitrogens with one attached hydrogen (secondary N) is 1. The molecule has 1 aromatic carbocycles. The van der Waals surface area contributed by atoms with Crippen molar-refractivity contribution in [3.8, 4) is 0 Å². The van der Waals surface area contributed by atoms with E-state index in [9.17, 15) is 9.90 Å². The number of piperazine rings is 1. The Morgan fingerprint density at radius 3 is 2.68 bits per heavy atom. The lowest BCUT2D eigenvalue weighted by molar-refractivity contribution is -0.130. The van der Waals surface area contributed by atoms with Crippen LogP contribution in [0.15, 0.2) is 24.3 Å². The number of carbonyl (C=O) groups is 1. The molecule has 1 aromatic heterocycles. The molecule has 152 valence electrons. The Morgan fingerprint density at radius 1 is 1.18 bits per heavy atom. The Kier molecular flexibility index (Phi) is 5.94. The molecule has 0 saturated carbocycles. The lowest BCUT2D eigenvalue weighted by Gasteiger charge is -2.34. The number of fused-ring (bicyclic) bond motifs is 1. The van der Waals surface area contributed by atoms with Gasteiger partial charge in [-0.05, 0) is 25.1 Å². The SMILES string of the molecule is CN1CCN(C[C@@H]2CN(C(=O)CCc3nc4ccccc4[nH]3)C[C@@H]2CO)CC1. The van der Waals surface area contributed by atoms with Crippen LogP contribution in [0.25, 0.3) is 11.0 Å². The van der Waals surface area contributed by atoms with Crippen LogP contribution < -0.4 is 0 Å². The van der Waals surface area contributed by atoms with Crippen molar-refractivity contribution in [2.75, 3.05) is 59.5 Å². The minimum Gasteiger partial charge on any atom is -0.396 e. The second-order valence-corrected chi connectivity index (χ2v) is 8.31. The first-order valence-corrected chi connectivity index (χ1v) is 10.4. The van der Waals surface area contributed by atoms with Crippen LogP contribution in [0.4, 0.5) is 0 Å². The molecule has 2 saturated heterocycles. The summed E-state index contributed by atoms with van der Waals surface area (Å²) in [7, 11) is 2.16. The summed E-state index contributed by atoms with van der Waals surface area (Å²) >= 11 is 0. The highest BCUT2D eigenvalue weighted by Crippen LogP contribution is 2.25. The monoisotopic (exact) mass is 385 g/mol. The molecule has 2 aliphatic heterocycles.